The smallest absolute Gasteiger partial charge is 0.233 e. The molecule has 0 saturated heterocycles. The van der Waals surface area contributed by atoms with Crippen molar-refractivity contribution in [1.29, 1.82) is 0 Å². The molecule has 1 aromatic carbocycles. The SMILES string of the molecule is CCN(Cc1ccc2c(c1)OCCO2)C(=O)CSc1nnnn1Cc1cccs1. The number of ether oxygens (including phenoxy) is 2. The number of rotatable bonds is 8. The van der Waals surface area contributed by atoms with Gasteiger partial charge in [-0.25, -0.2) is 4.68 Å². The molecule has 0 bridgehead atoms. The summed E-state index contributed by atoms with van der Waals surface area (Å²) >= 11 is 3.01. The van der Waals surface area contributed by atoms with Crippen LogP contribution in [0.25, 0.3) is 0 Å². The van der Waals surface area contributed by atoms with Crippen LogP contribution in [0.2, 0.25) is 0 Å². The number of carbonyl (C=O) groups excluding carboxylic acids is 1. The molecule has 0 saturated carbocycles. The second-order valence-electron chi connectivity index (χ2n) is 6.37. The van der Waals surface area contributed by atoms with Crippen molar-refractivity contribution in [1.82, 2.24) is 25.1 Å². The lowest BCUT2D eigenvalue weighted by Gasteiger charge is -2.23. The summed E-state index contributed by atoms with van der Waals surface area (Å²) in [4.78, 5) is 15.7. The molecule has 0 atom stereocenters. The molecule has 0 N–H and O–H groups in total. The molecule has 29 heavy (non-hydrogen) atoms. The van der Waals surface area contributed by atoms with Crippen molar-refractivity contribution < 1.29 is 14.3 Å². The van der Waals surface area contributed by atoms with Crippen molar-refractivity contribution in [3.05, 3.63) is 46.2 Å². The largest absolute Gasteiger partial charge is 0.486 e. The quantitative estimate of drug-likeness (QED) is 0.507. The minimum absolute atomic E-state index is 0.0399. The molecule has 4 rings (SSSR count). The Morgan fingerprint density at radius 3 is 2.93 bits per heavy atom. The Morgan fingerprint density at radius 2 is 2.14 bits per heavy atom. The van der Waals surface area contributed by atoms with Crippen LogP contribution in [0.5, 0.6) is 11.5 Å². The zero-order valence-corrected chi connectivity index (χ0v) is 17.6. The fraction of sp³-hybridized carbons (Fsp3) is 0.368. The number of benzene rings is 1. The standard InChI is InChI=1S/C19H21N5O3S2/c1-2-23(11-14-5-6-16-17(10-14)27-8-7-26-16)18(25)13-29-19-20-21-22-24(19)12-15-4-3-9-28-15/h3-6,9-10H,2,7-8,11-13H2,1H3. The first-order valence-electron chi connectivity index (χ1n) is 9.30. The highest BCUT2D eigenvalue weighted by molar-refractivity contribution is 7.99. The van der Waals surface area contributed by atoms with Gasteiger partial charge in [-0.2, -0.15) is 0 Å². The summed E-state index contributed by atoms with van der Waals surface area (Å²) in [7, 11) is 0. The number of nitrogens with zero attached hydrogens (tertiary/aromatic N) is 5. The summed E-state index contributed by atoms with van der Waals surface area (Å²) in [6.45, 7) is 4.83. The fourth-order valence-corrected chi connectivity index (χ4v) is 4.41. The molecular weight excluding hydrogens is 410 g/mol. The van der Waals surface area contributed by atoms with Crippen LogP contribution in [0.3, 0.4) is 0 Å². The normalized spacial score (nSPS) is 12.7. The Hall–Kier alpha value is -2.59. The Bertz CT molecular complexity index is 961. The Morgan fingerprint density at radius 1 is 1.28 bits per heavy atom. The number of amides is 1. The number of thiophene rings is 1. The van der Waals surface area contributed by atoms with Gasteiger partial charge in [0.05, 0.1) is 12.3 Å². The van der Waals surface area contributed by atoms with E-state index in [2.05, 4.69) is 15.5 Å². The van der Waals surface area contributed by atoms with Gasteiger partial charge in [0, 0.05) is 18.0 Å². The predicted molar refractivity (Wildman–Crippen MR) is 110 cm³/mol. The maximum atomic E-state index is 12.8. The van der Waals surface area contributed by atoms with E-state index >= 15 is 0 Å². The third kappa shape index (κ3) is 4.88. The highest BCUT2D eigenvalue weighted by atomic mass is 32.2. The third-order valence-corrected chi connectivity index (χ3v) is 6.23. The third-order valence-electron chi connectivity index (χ3n) is 4.42. The first-order chi connectivity index (χ1) is 14.2. The molecule has 10 heteroatoms. The Labute approximate surface area is 176 Å². The summed E-state index contributed by atoms with van der Waals surface area (Å²) < 4.78 is 12.9. The van der Waals surface area contributed by atoms with E-state index in [0.29, 0.717) is 38.0 Å². The highest BCUT2D eigenvalue weighted by Crippen LogP contribution is 2.31. The minimum atomic E-state index is 0.0399. The van der Waals surface area contributed by atoms with Gasteiger partial charge in [-0.05, 0) is 46.5 Å². The number of carbonyl (C=O) groups is 1. The lowest BCUT2D eigenvalue weighted by atomic mass is 10.2. The lowest BCUT2D eigenvalue weighted by Crippen LogP contribution is -2.32. The molecule has 3 aromatic rings. The molecule has 3 heterocycles. The van der Waals surface area contributed by atoms with Crippen molar-refractivity contribution in [2.45, 2.75) is 25.2 Å². The first-order valence-corrected chi connectivity index (χ1v) is 11.2. The number of fused-ring (bicyclic) bond motifs is 1. The van der Waals surface area contributed by atoms with E-state index in [4.69, 9.17) is 9.47 Å². The molecular formula is C19H21N5O3S2. The summed E-state index contributed by atoms with van der Waals surface area (Å²) in [5.41, 5.74) is 1.01. The summed E-state index contributed by atoms with van der Waals surface area (Å²) in [6, 6.07) is 9.85. The lowest BCUT2D eigenvalue weighted by molar-refractivity contribution is -0.128. The average molecular weight is 432 g/mol. The molecule has 1 amide bonds. The zero-order valence-electron chi connectivity index (χ0n) is 16.0. The van der Waals surface area contributed by atoms with Crippen molar-refractivity contribution in [2.24, 2.45) is 0 Å². The van der Waals surface area contributed by atoms with Crippen LogP contribution in [0.1, 0.15) is 17.4 Å². The molecule has 2 aromatic heterocycles. The molecule has 1 aliphatic rings. The molecule has 0 radical (unpaired) electrons. The van der Waals surface area contributed by atoms with Gasteiger partial charge in [-0.15, -0.1) is 16.4 Å². The van der Waals surface area contributed by atoms with Gasteiger partial charge in [0.25, 0.3) is 0 Å². The van der Waals surface area contributed by atoms with Gasteiger partial charge in [0.2, 0.25) is 11.1 Å². The second-order valence-corrected chi connectivity index (χ2v) is 8.35. The van der Waals surface area contributed by atoms with Gasteiger partial charge in [-0.1, -0.05) is 23.9 Å². The van der Waals surface area contributed by atoms with Gasteiger partial charge < -0.3 is 14.4 Å². The molecule has 0 fully saturated rings. The van der Waals surface area contributed by atoms with Crippen LogP contribution in [-0.2, 0) is 17.9 Å². The van der Waals surface area contributed by atoms with E-state index in [1.54, 1.807) is 16.0 Å². The molecule has 0 aliphatic carbocycles. The number of hydrogen-bond donors (Lipinski definition) is 0. The summed E-state index contributed by atoms with van der Waals surface area (Å²) in [6.07, 6.45) is 0. The maximum absolute atomic E-state index is 12.8. The topological polar surface area (TPSA) is 82.4 Å². The molecule has 8 nitrogen and oxygen atoms in total. The fourth-order valence-electron chi connectivity index (χ4n) is 2.95. The van der Waals surface area contributed by atoms with E-state index in [1.807, 2.05) is 47.5 Å². The van der Waals surface area contributed by atoms with E-state index in [0.717, 1.165) is 17.1 Å². The molecule has 0 unspecified atom stereocenters. The second kappa shape index (κ2) is 9.27. The predicted octanol–water partition coefficient (Wildman–Crippen LogP) is 2.69. The molecule has 1 aliphatic heterocycles. The minimum Gasteiger partial charge on any atom is -0.486 e. The molecule has 0 spiro atoms. The first kappa shape index (κ1) is 19.7. The maximum Gasteiger partial charge on any atom is 0.233 e. The number of hydrogen-bond acceptors (Lipinski definition) is 8. The van der Waals surface area contributed by atoms with Crippen molar-refractivity contribution in [3.8, 4) is 11.5 Å². The molecule has 152 valence electrons. The van der Waals surface area contributed by atoms with E-state index in [9.17, 15) is 4.79 Å². The van der Waals surface area contributed by atoms with Crippen LogP contribution in [0.15, 0.2) is 40.9 Å². The van der Waals surface area contributed by atoms with E-state index < -0.39 is 0 Å². The Balaban J connectivity index is 1.35. The highest BCUT2D eigenvalue weighted by Gasteiger charge is 2.17. The van der Waals surface area contributed by atoms with E-state index in [-0.39, 0.29) is 11.7 Å². The van der Waals surface area contributed by atoms with Crippen LogP contribution in [0, 0.1) is 0 Å². The van der Waals surface area contributed by atoms with Crippen LogP contribution in [-0.4, -0.2) is 56.5 Å². The monoisotopic (exact) mass is 431 g/mol. The Kier molecular flexibility index (Phi) is 6.30. The number of thioether (sulfide) groups is 1. The van der Waals surface area contributed by atoms with Crippen molar-refractivity contribution in [3.63, 3.8) is 0 Å². The van der Waals surface area contributed by atoms with E-state index in [1.165, 1.54) is 16.6 Å². The van der Waals surface area contributed by atoms with Gasteiger partial charge >= 0.3 is 0 Å². The van der Waals surface area contributed by atoms with Gasteiger partial charge in [-0.3, -0.25) is 4.79 Å². The number of aromatic nitrogens is 4. The van der Waals surface area contributed by atoms with Crippen LogP contribution >= 0.6 is 23.1 Å². The number of tetrazole rings is 1. The van der Waals surface area contributed by atoms with Crippen molar-refractivity contribution >= 4 is 29.0 Å². The van der Waals surface area contributed by atoms with Gasteiger partial charge in [0.1, 0.15) is 13.2 Å². The summed E-state index contributed by atoms with van der Waals surface area (Å²) in [5, 5.41) is 14.5. The zero-order chi connectivity index (χ0) is 20.1. The summed E-state index contributed by atoms with van der Waals surface area (Å²) in [5.74, 6) is 1.81. The van der Waals surface area contributed by atoms with Crippen LogP contribution < -0.4 is 9.47 Å². The van der Waals surface area contributed by atoms with Gasteiger partial charge in [0.15, 0.2) is 11.5 Å². The average Bonchev–Trinajstić information content (AvgIpc) is 3.42. The van der Waals surface area contributed by atoms with Crippen molar-refractivity contribution in [2.75, 3.05) is 25.5 Å². The van der Waals surface area contributed by atoms with Crippen LogP contribution in [0.4, 0.5) is 0 Å².